The van der Waals surface area contributed by atoms with Crippen molar-refractivity contribution in [3.63, 3.8) is 0 Å². The molecule has 0 saturated carbocycles. The van der Waals surface area contributed by atoms with Gasteiger partial charge < -0.3 is 15.2 Å². The number of H-pyrrole nitrogens is 1. The molecular formula is C22H24N4O2S. The van der Waals surface area contributed by atoms with Gasteiger partial charge in [-0.2, -0.15) is 11.8 Å². The van der Waals surface area contributed by atoms with Crippen molar-refractivity contribution in [1.29, 1.82) is 0 Å². The minimum atomic E-state index is -0.559. The highest BCUT2D eigenvalue weighted by molar-refractivity contribution is 7.98. The highest BCUT2D eigenvalue weighted by Gasteiger charge is 2.34. The number of amides is 2. The molecule has 2 atom stereocenters. The van der Waals surface area contributed by atoms with Crippen molar-refractivity contribution in [2.24, 2.45) is 0 Å². The highest BCUT2D eigenvalue weighted by atomic mass is 32.2. The summed E-state index contributed by atoms with van der Waals surface area (Å²) in [5.41, 5.74) is 3.48. The number of benzene rings is 2. The standard InChI is InChI=1S/C22H24N4O2S/c1-14(26-13-15-7-3-4-8-16(15)22(26)28)21(27)25-19(11-12-29-2)20-23-17-9-5-6-10-18(17)24-20/h3-10,14,19H,11-13H2,1-2H3,(H,23,24)(H,25,27). The molecule has 29 heavy (non-hydrogen) atoms. The summed E-state index contributed by atoms with van der Waals surface area (Å²) in [4.78, 5) is 35.4. The summed E-state index contributed by atoms with van der Waals surface area (Å²) in [5.74, 6) is 1.38. The Bertz CT molecular complexity index is 1010. The lowest BCUT2D eigenvalue weighted by molar-refractivity contribution is -0.126. The predicted molar refractivity (Wildman–Crippen MR) is 116 cm³/mol. The lowest BCUT2D eigenvalue weighted by Gasteiger charge is -2.26. The fraction of sp³-hybridized carbons (Fsp3) is 0.318. The van der Waals surface area contributed by atoms with E-state index in [1.54, 1.807) is 23.6 Å². The van der Waals surface area contributed by atoms with E-state index >= 15 is 0 Å². The van der Waals surface area contributed by atoms with Crippen LogP contribution in [-0.2, 0) is 11.3 Å². The molecule has 2 heterocycles. The van der Waals surface area contributed by atoms with Gasteiger partial charge >= 0.3 is 0 Å². The third-order valence-electron chi connectivity index (χ3n) is 5.36. The predicted octanol–water partition coefficient (Wildman–Crippen LogP) is 3.52. The maximum absolute atomic E-state index is 13.0. The molecular weight excluding hydrogens is 384 g/mol. The number of carbonyl (C=O) groups excluding carboxylic acids is 2. The number of nitrogens with zero attached hydrogens (tertiary/aromatic N) is 2. The molecule has 2 aromatic carbocycles. The fourth-order valence-corrected chi connectivity index (χ4v) is 4.15. The molecule has 0 radical (unpaired) electrons. The highest BCUT2D eigenvalue weighted by Crippen LogP contribution is 2.25. The van der Waals surface area contributed by atoms with Crippen molar-refractivity contribution in [1.82, 2.24) is 20.2 Å². The van der Waals surface area contributed by atoms with Crippen molar-refractivity contribution in [2.45, 2.75) is 32.0 Å². The number of thioether (sulfide) groups is 1. The summed E-state index contributed by atoms with van der Waals surface area (Å²) in [6.07, 6.45) is 2.80. The van der Waals surface area contributed by atoms with E-state index in [0.29, 0.717) is 12.1 Å². The molecule has 4 rings (SSSR count). The first-order valence-electron chi connectivity index (χ1n) is 9.71. The molecule has 150 valence electrons. The topological polar surface area (TPSA) is 78.1 Å². The van der Waals surface area contributed by atoms with Crippen LogP contribution in [0.4, 0.5) is 0 Å². The van der Waals surface area contributed by atoms with Crippen molar-refractivity contribution in [2.75, 3.05) is 12.0 Å². The van der Waals surface area contributed by atoms with Crippen LogP contribution in [0.25, 0.3) is 11.0 Å². The number of imidazole rings is 1. The second-order valence-electron chi connectivity index (χ2n) is 7.25. The minimum Gasteiger partial charge on any atom is -0.344 e. The maximum atomic E-state index is 13.0. The van der Waals surface area contributed by atoms with E-state index in [1.165, 1.54) is 0 Å². The van der Waals surface area contributed by atoms with E-state index < -0.39 is 6.04 Å². The average molecular weight is 409 g/mol. The van der Waals surface area contributed by atoms with Crippen molar-refractivity contribution in [3.8, 4) is 0 Å². The number of aromatic nitrogens is 2. The first kappa shape index (κ1) is 19.5. The Hall–Kier alpha value is -2.80. The lowest BCUT2D eigenvalue weighted by atomic mass is 10.1. The Morgan fingerprint density at radius 3 is 2.76 bits per heavy atom. The third-order valence-corrected chi connectivity index (χ3v) is 6.01. The van der Waals surface area contributed by atoms with Gasteiger partial charge in [-0.05, 0) is 49.1 Å². The molecule has 3 aromatic rings. The Morgan fingerprint density at radius 1 is 1.24 bits per heavy atom. The molecule has 1 aliphatic heterocycles. The van der Waals surface area contributed by atoms with Gasteiger partial charge in [-0.15, -0.1) is 0 Å². The summed E-state index contributed by atoms with van der Waals surface area (Å²) in [7, 11) is 0. The Labute approximate surface area is 174 Å². The molecule has 0 saturated heterocycles. The summed E-state index contributed by atoms with van der Waals surface area (Å²) in [6.45, 7) is 2.24. The smallest absolute Gasteiger partial charge is 0.255 e. The normalized spacial score (nSPS) is 15.4. The summed E-state index contributed by atoms with van der Waals surface area (Å²) >= 11 is 1.73. The molecule has 0 aliphatic carbocycles. The van der Waals surface area contributed by atoms with Gasteiger partial charge in [0, 0.05) is 12.1 Å². The van der Waals surface area contributed by atoms with E-state index in [-0.39, 0.29) is 17.9 Å². The van der Waals surface area contributed by atoms with Crippen molar-refractivity contribution in [3.05, 3.63) is 65.5 Å². The Kier molecular flexibility index (Phi) is 5.58. The van der Waals surface area contributed by atoms with Crippen LogP contribution >= 0.6 is 11.8 Å². The van der Waals surface area contributed by atoms with E-state index in [0.717, 1.165) is 34.6 Å². The van der Waals surface area contributed by atoms with E-state index in [9.17, 15) is 9.59 Å². The molecule has 2 amide bonds. The molecule has 2 N–H and O–H groups in total. The van der Waals surface area contributed by atoms with Crippen LogP contribution < -0.4 is 5.32 Å². The van der Waals surface area contributed by atoms with Gasteiger partial charge in [0.25, 0.3) is 5.91 Å². The number of hydrogen-bond acceptors (Lipinski definition) is 4. The van der Waals surface area contributed by atoms with Gasteiger partial charge in [0.15, 0.2) is 0 Å². The van der Waals surface area contributed by atoms with Crippen LogP contribution in [0.15, 0.2) is 48.5 Å². The number of rotatable bonds is 7. The Balaban J connectivity index is 1.51. The van der Waals surface area contributed by atoms with Crippen LogP contribution in [0.2, 0.25) is 0 Å². The van der Waals surface area contributed by atoms with E-state index in [4.69, 9.17) is 0 Å². The monoisotopic (exact) mass is 408 g/mol. The molecule has 1 aliphatic rings. The van der Waals surface area contributed by atoms with Crippen LogP contribution in [0.3, 0.4) is 0 Å². The average Bonchev–Trinajstić information content (AvgIpc) is 3.32. The van der Waals surface area contributed by atoms with Gasteiger partial charge in [0.1, 0.15) is 11.9 Å². The van der Waals surface area contributed by atoms with Crippen LogP contribution in [0.5, 0.6) is 0 Å². The number of para-hydroxylation sites is 2. The van der Waals surface area contributed by atoms with Gasteiger partial charge in [-0.25, -0.2) is 4.98 Å². The third kappa shape index (κ3) is 3.87. The van der Waals surface area contributed by atoms with Gasteiger partial charge in [-0.3, -0.25) is 9.59 Å². The number of aromatic amines is 1. The van der Waals surface area contributed by atoms with Gasteiger partial charge in [0.2, 0.25) is 5.91 Å². The van der Waals surface area contributed by atoms with Gasteiger partial charge in [-0.1, -0.05) is 30.3 Å². The number of hydrogen-bond donors (Lipinski definition) is 2. The van der Waals surface area contributed by atoms with Crippen LogP contribution in [0, 0.1) is 0 Å². The zero-order valence-corrected chi connectivity index (χ0v) is 17.3. The van der Waals surface area contributed by atoms with Crippen LogP contribution in [-0.4, -0.2) is 44.7 Å². The van der Waals surface area contributed by atoms with Gasteiger partial charge in [0.05, 0.1) is 17.1 Å². The maximum Gasteiger partial charge on any atom is 0.255 e. The molecule has 7 heteroatoms. The zero-order chi connectivity index (χ0) is 20.4. The second kappa shape index (κ2) is 8.29. The molecule has 6 nitrogen and oxygen atoms in total. The Morgan fingerprint density at radius 2 is 2.00 bits per heavy atom. The summed E-state index contributed by atoms with van der Waals surface area (Å²) in [5, 5.41) is 3.11. The van der Waals surface area contributed by atoms with Crippen LogP contribution in [0.1, 0.15) is 41.1 Å². The fourth-order valence-electron chi connectivity index (χ4n) is 3.67. The molecule has 0 spiro atoms. The molecule has 1 aromatic heterocycles. The first-order valence-corrected chi connectivity index (χ1v) is 11.1. The second-order valence-corrected chi connectivity index (χ2v) is 8.23. The van der Waals surface area contributed by atoms with E-state index in [1.807, 2.05) is 54.8 Å². The van der Waals surface area contributed by atoms with Crippen molar-refractivity contribution < 1.29 is 9.59 Å². The van der Waals surface area contributed by atoms with E-state index in [2.05, 4.69) is 15.3 Å². The lowest BCUT2D eigenvalue weighted by Crippen LogP contribution is -2.46. The van der Waals surface area contributed by atoms with Crippen molar-refractivity contribution >= 4 is 34.6 Å². The molecule has 0 bridgehead atoms. The molecule has 0 fully saturated rings. The summed E-state index contributed by atoms with van der Waals surface area (Å²) < 4.78 is 0. The number of carbonyl (C=O) groups is 2. The number of nitrogens with one attached hydrogen (secondary N) is 2. The zero-order valence-electron chi connectivity index (χ0n) is 16.5. The largest absolute Gasteiger partial charge is 0.344 e. The quantitative estimate of drug-likeness (QED) is 0.627. The number of fused-ring (bicyclic) bond motifs is 2. The minimum absolute atomic E-state index is 0.0901. The SMILES string of the molecule is CSCCC(NC(=O)C(C)N1Cc2ccccc2C1=O)c1nc2ccccc2[nH]1. The first-order chi connectivity index (χ1) is 14.1. The summed E-state index contributed by atoms with van der Waals surface area (Å²) in [6, 6.07) is 14.6. The molecule has 2 unspecified atom stereocenters.